The Bertz CT molecular complexity index is 699. The van der Waals surface area contributed by atoms with E-state index in [4.69, 9.17) is 10.00 Å². The summed E-state index contributed by atoms with van der Waals surface area (Å²) in [5.74, 6) is -0.244. The average Bonchev–Trinajstić information content (AvgIpc) is 2.95. The predicted molar refractivity (Wildman–Crippen MR) is 90.5 cm³/mol. The fourth-order valence-corrected chi connectivity index (χ4v) is 3.99. The highest BCUT2D eigenvalue weighted by Gasteiger charge is 2.17. The molecule has 0 saturated heterocycles. The first-order valence-electron chi connectivity index (χ1n) is 8.04. The largest absolute Gasteiger partial charge is 0.457 e. The van der Waals surface area contributed by atoms with Gasteiger partial charge >= 0.3 is 5.97 Å². The molecule has 0 saturated carbocycles. The van der Waals surface area contributed by atoms with Crippen LogP contribution in [0, 0.1) is 11.3 Å². The Morgan fingerprint density at radius 2 is 1.87 bits per heavy atom. The highest BCUT2D eigenvalue weighted by atomic mass is 32.1. The van der Waals surface area contributed by atoms with E-state index in [0.717, 1.165) is 18.4 Å². The van der Waals surface area contributed by atoms with Gasteiger partial charge in [0.15, 0.2) is 0 Å². The number of hydrogen-bond acceptors (Lipinski definition) is 4. The Balaban J connectivity index is 1.63. The van der Waals surface area contributed by atoms with Crippen molar-refractivity contribution in [1.29, 1.82) is 5.26 Å². The van der Waals surface area contributed by atoms with Gasteiger partial charge in [-0.2, -0.15) is 5.26 Å². The smallest absolute Gasteiger partial charge is 0.348 e. The number of nitriles is 1. The molecule has 0 bridgehead atoms. The van der Waals surface area contributed by atoms with Crippen molar-refractivity contribution in [2.75, 3.05) is 0 Å². The Morgan fingerprint density at radius 3 is 2.61 bits per heavy atom. The lowest BCUT2D eigenvalue weighted by atomic mass is 10.00. The van der Waals surface area contributed by atoms with Crippen molar-refractivity contribution < 1.29 is 9.53 Å². The maximum Gasteiger partial charge on any atom is 0.348 e. The van der Waals surface area contributed by atoms with Gasteiger partial charge in [-0.15, -0.1) is 11.3 Å². The van der Waals surface area contributed by atoms with Crippen molar-refractivity contribution in [2.45, 2.75) is 45.1 Å². The van der Waals surface area contributed by atoms with E-state index in [1.54, 1.807) is 23.5 Å². The quantitative estimate of drug-likeness (QED) is 0.773. The van der Waals surface area contributed by atoms with Crippen LogP contribution in [-0.2, 0) is 24.2 Å². The zero-order valence-electron chi connectivity index (χ0n) is 13.0. The zero-order chi connectivity index (χ0) is 16.1. The molecule has 23 heavy (non-hydrogen) atoms. The molecule has 0 amide bonds. The van der Waals surface area contributed by atoms with Crippen LogP contribution in [0.1, 0.15) is 56.9 Å². The fourth-order valence-electron chi connectivity index (χ4n) is 2.84. The van der Waals surface area contributed by atoms with Crippen LogP contribution in [0.3, 0.4) is 0 Å². The van der Waals surface area contributed by atoms with E-state index in [1.165, 1.54) is 36.1 Å². The van der Waals surface area contributed by atoms with E-state index >= 15 is 0 Å². The molecule has 0 N–H and O–H groups in total. The molecule has 1 aromatic carbocycles. The molecule has 0 fully saturated rings. The first-order chi connectivity index (χ1) is 11.3. The molecule has 3 rings (SSSR count). The molecule has 1 heterocycles. The Hall–Kier alpha value is -2.12. The van der Waals surface area contributed by atoms with E-state index in [1.807, 2.05) is 18.2 Å². The number of esters is 1. The second-order valence-corrected chi connectivity index (χ2v) is 6.99. The van der Waals surface area contributed by atoms with Crippen LogP contribution in [0.5, 0.6) is 0 Å². The number of hydrogen-bond donors (Lipinski definition) is 0. The standard InChI is InChI=1S/C19H19NO2S/c20-12-14-7-9-15(10-8-14)13-22-19(21)18-11-16-5-3-1-2-4-6-17(16)23-18/h7-11H,1-6,13H2. The zero-order valence-corrected chi connectivity index (χ0v) is 13.8. The van der Waals surface area contributed by atoms with Gasteiger partial charge in [0.05, 0.1) is 11.6 Å². The van der Waals surface area contributed by atoms with Gasteiger partial charge in [0.1, 0.15) is 11.5 Å². The summed E-state index contributed by atoms with van der Waals surface area (Å²) < 4.78 is 5.42. The number of thiophene rings is 1. The molecule has 3 nitrogen and oxygen atoms in total. The van der Waals surface area contributed by atoms with Crippen LogP contribution in [0.25, 0.3) is 0 Å². The van der Waals surface area contributed by atoms with Gasteiger partial charge in [0.2, 0.25) is 0 Å². The molecule has 0 radical (unpaired) electrons. The molecule has 118 valence electrons. The van der Waals surface area contributed by atoms with E-state index in [9.17, 15) is 4.79 Å². The summed E-state index contributed by atoms with van der Waals surface area (Å²) in [7, 11) is 0. The Morgan fingerprint density at radius 1 is 1.13 bits per heavy atom. The van der Waals surface area contributed by atoms with Crippen LogP contribution >= 0.6 is 11.3 Å². The minimum Gasteiger partial charge on any atom is -0.457 e. The number of fused-ring (bicyclic) bond motifs is 1. The maximum atomic E-state index is 12.3. The van der Waals surface area contributed by atoms with E-state index < -0.39 is 0 Å². The molecule has 4 heteroatoms. The Kier molecular flexibility index (Phi) is 5.09. The highest BCUT2D eigenvalue weighted by Crippen LogP contribution is 2.29. The molecular formula is C19H19NO2S. The number of nitrogens with zero attached hydrogens (tertiary/aromatic N) is 1. The van der Waals surface area contributed by atoms with Gasteiger partial charge in [-0.05, 0) is 55.0 Å². The van der Waals surface area contributed by atoms with Crippen molar-refractivity contribution in [2.24, 2.45) is 0 Å². The summed E-state index contributed by atoms with van der Waals surface area (Å²) in [6.45, 7) is 0.243. The monoisotopic (exact) mass is 325 g/mol. The molecule has 1 aliphatic rings. The number of benzene rings is 1. The number of carbonyl (C=O) groups is 1. The van der Waals surface area contributed by atoms with E-state index in [-0.39, 0.29) is 12.6 Å². The summed E-state index contributed by atoms with van der Waals surface area (Å²) in [6.07, 6.45) is 7.16. The third-order valence-corrected chi connectivity index (χ3v) is 5.37. The van der Waals surface area contributed by atoms with Gasteiger partial charge in [-0.25, -0.2) is 4.79 Å². The molecule has 0 spiro atoms. The Labute approximate surface area is 140 Å². The topological polar surface area (TPSA) is 50.1 Å². The van der Waals surface area contributed by atoms with Crippen molar-refractivity contribution in [3.8, 4) is 6.07 Å². The van der Waals surface area contributed by atoms with Gasteiger partial charge in [-0.3, -0.25) is 0 Å². The third-order valence-electron chi connectivity index (χ3n) is 4.15. The second-order valence-electron chi connectivity index (χ2n) is 5.86. The van der Waals surface area contributed by atoms with Gasteiger partial charge in [0, 0.05) is 4.88 Å². The first kappa shape index (κ1) is 15.8. The lowest BCUT2D eigenvalue weighted by Gasteiger charge is -2.07. The molecule has 1 aliphatic carbocycles. The number of aryl methyl sites for hydroxylation is 2. The van der Waals surface area contributed by atoms with E-state index in [2.05, 4.69) is 6.07 Å². The SMILES string of the molecule is N#Cc1ccc(COC(=O)c2cc3c(s2)CCCCCC3)cc1. The van der Waals surface area contributed by atoms with Crippen molar-refractivity contribution in [3.63, 3.8) is 0 Å². The molecule has 0 atom stereocenters. The lowest BCUT2D eigenvalue weighted by Crippen LogP contribution is -2.03. The minimum absolute atomic E-state index is 0.243. The molecule has 1 aromatic heterocycles. The second kappa shape index (κ2) is 7.43. The van der Waals surface area contributed by atoms with Crippen LogP contribution in [-0.4, -0.2) is 5.97 Å². The molecular weight excluding hydrogens is 306 g/mol. The molecule has 2 aromatic rings. The van der Waals surface area contributed by atoms with E-state index in [0.29, 0.717) is 10.4 Å². The van der Waals surface area contributed by atoms with Crippen molar-refractivity contribution in [1.82, 2.24) is 0 Å². The van der Waals surface area contributed by atoms with Gasteiger partial charge in [0.25, 0.3) is 0 Å². The van der Waals surface area contributed by atoms with Crippen LogP contribution in [0.2, 0.25) is 0 Å². The number of carbonyl (C=O) groups excluding carboxylic acids is 1. The van der Waals surface area contributed by atoms with Crippen LogP contribution in [0.15, 0.2) is 30.3 Å². The summed E-state index contributed by atoms with van der Waals surface area (Å²) in [4.78, 5) is 14.3. The van der Waals surface area contributed by atoms with Gasteiger partial charge in [-0.1, -0.05) is 25.0 Å². The van der Waals surface area contributed by atoms with Crippen LogP contribution in [0.4, 0.5) is 0 Å². The molecule has 0 unspecified atom stereocenters. The lowest BCUT2D eigenvalue weighted by molar-refractivity contribution is 0.0478. The van der Waals surface area contributed by atoms with Gasteiger partial charge < -0.3 is 4.74 Å². The maximum absolute atomic E-state index is 12.3. The fraction of sp³-hybridized carbons (Fsp3) is 0.368. The van der Waals surface area contributed by atoms with Crippen LogP contribution < -0.4 is 0 Å². The summed E-state index contributed by atoms with van der Waals surface area (Å²) >= 11 is 1.59. The first-order valence-corrected chi connectivity index (χ1v) is 8.85. The van der Waals surface area contributed by atoms with Crippen molar-refractivity contribution >= 4 is 17.3 Å². The number of ether oxygens (including phenoxy) is 1. The molecule has 0 aliphatic heterocycles. The van der Waals surface area contributed by atoms with Crippen molar-refractivity contribution in [3.05, 3.63) is 56.8 Å². The number of rotatable bonds is 3. The minimum atomic E-state index is -0.244. The normalized spacial score (nSPS) is 14.2. The predicted octanol–water partition coefficient (Wildman–Crippen LogP) is 4.64. The highest BCUT2D eigenvalue weighted by molar-refractivity contribution is 7.14. The third kappa shape index (κ3) is 4.00. The summed E-state index contributed by atoms with van der Waals surface area (Å²) in [5.41, 5.74) is 2.84. The summed E-state index contributed by atoms with van der Waals surface area (Å²) in [5, 5.41) is 8.78. The summed E-state index contributed by atoms with van der Waals surface area (Å²) in [6, 6.07) is 11.2. The average molecular weight is 325 g/mol.